The van der Waals surface area contributed by atoms with Gasteiger partial charge in [-0.05, 0) is 23.1 Å². The molecule has 1 aromatic carbocycles. The summed E-state index contributed by atoms with van der Waals surface area (Å²) in [6.07, 6.45) is 0. The smallest absolute Gasteiger partial charge is 0.194 e. The Labute approximate surface area is 102 Å². The molecule has 0 aromatic heterocycles. The van der Waals surface area contributed by atoms with Gasteiger partial charge in [0.1, 0.15) is 5.75 Å². The first-order valence-corrected chi connectivity index (χ1v) is 6.37. The van der Waals surface area contributed by atoms with Gasteiger partial charge in [0.05, 0.1) is 7.11 Å². The average molecular weight is 260 g/mol. The standard InChI is InChI=1S/C10H10ClNOS2/c1-13-8-4-2-7(3-5-8)9-6-14-10(11,12)15-9/h2-6H,12H2,1H3. The van der Waals surface area contributed by atoms with Gasteiger partial charge in [0.25, 0.3) is 0 Å². The zero-order valence-electron chi connectivity index (χ0n) is 8.07. The lowest BCUT2D eigenvalue weighted by atomic mass is 10.2. The maximum atomic E-state index is 6.00. The van der Waals surface area contributed by atoms with Crippen LogP contribution >= 0.6 is 35.1 Å². The normalized spacial score (nSPS) is 25.1. The fourth-order valence-electron chi connectivity index (χ4n) is 1.21. The second-order valence-corrected chi connectivity index (χ2v) is 6.72. The summed E-state index contributed by atoms with van der Waals surface area (Å²) in [6.45, 7) is 0. The highest BCUT2D eigenvalue weighted by molar-refractivity contribution is 8.28. The van der Waals surface area contributed by atoms with Crippen LogP contribution in [0, 0.1) is 0 Å². The number of methoxy groups -OCH3 is 1. The number of benzene rings is 1. The Balaban J connectivity index is 2.18. The molecule has 2 N–H and O–H groups in total. The van der Waals surface area contributed by atoms with Crippen molar-refractivity contribution in [1.82, 2.24) is 0 Å². The minimum absolute atomic E-state index is 0.755. The number of nitrogens with two attached hydrogens (primary N) is 1. The van der Waals surface area contributed by atoms with E-state index in [1.807, 2.05) is 29.7 Å². The highest BCUT2D eigenvalue weighted by Gasteiger charge is 2.30. The van der Waals surface area contributed by atoms with E-state index in [2.05, 4.69) is 0 Å². The van der Waals surface area contributed by atoms with Crippen LogP contribution in [-0.2, 0) is 0 Å². The molecule has 0 bridgehead atoms. The molecule has 1 aliphatic heterocycles. The highest BCUT2D eigenvalue weighted by Crippen LogP contribution is 2.52. The Hall–Kier alpha value is -0.290. The second kappa shape index (κ2) is 4.29. The molecule has 2 nitrogen and oxygen atoms in total. The van der Waals surface area contributed by atoms with E-state index in [9.17, 15) is 0 Å². The quantitative estimate of drug-likeness (QED) is 0.653. The molecule has 1 atom stereocenters. The summed E-state index contributed by atoms with van der Waals surface area (Å²) in [5, 5.41) is 1.99. The first-order valence-electron chi connectivity index (χ1n) is 4.30. The minimum atomic E-state index is -0.755. The lowest BCUT2D eigenvalue weighted by molar-refractivity contribution is 0.415. The molecule has 0 radical (unpaired) electrons. The van der Waals surface area contributed by atoms with Crippen LogP contribution in [0.1, 0.15) is 5.56 Å². The van der Waals surface area contributed by atoms with Crippen LogP contribution in [0.3, 0.4) is 0 Å². The number of halogens is 1. The third-order valence-corrected chi connectivity index (χ3v) is 4.66. The van der Waals surface area contributed by atoms with Gasteiger partial charge >= 0.3 is 0 Å². The molecular weight excluding hydrogens is 250 g/mol. The van der Waals surface area contributed by atoms with Gasteiger partial charge in [0.15, 0.2) is 3.66 Å². The average Bonchev–Trinajstić information content (AvgIpc) is 2.59. The lowest BCUT2D eigenvalue weighted by Crippen LogP contribution is -2.20. The van der Waals surface area contributed by atoms with Crippen molar-refractivity contribution < 1.29 is 4.74 Å². The number of rotatable bonds is 2. The van der Waals surface area contributed by atoms with Crippen molar-refractivity contribution in [2.24, 2.45) is 5.73 Å². The molecule has 0 saturated heterocycles. The SMILES string of the molecule is COc1ccc(C2=CSC(N)(Cl)S2)cc1. The van der Waals surface area contributed by atoms with Crippen LogP contribution in [0.5, 0.6) is 5.75 Å². The molecule has 1 aliphatic rings. The minimum Gasteiger partial charge on any atom is -0.497 e. The van der Waals surface area contributed by atoms with E-state index >= 15 is 0 Å². The summed E-state index contributed by atoms with van der Waals surface area (Å²) in [5.74, 6) is 0.847. The molecule has 0 saturated carbocycles. The molecule has 1 unspecified atom stereocenters. The molecule has 0 fully saturated rings. The monoisotopic (exact) mass is 259 g/mol. The third-order valence-electron chi connectivity index (χ3n) is 1.95. The van der Waals surface area contributed by atoms with E-state index in [-0.39, 0.29) is 0 Å². The topological polar surface area (TPSA) is 35.2 Å². The van der Waals surface area contributed by atoms with Gasteiger partial charge < -0.3 is 4.74 Å². The van der Waals surface area contributed by atoms with Crippen LogP contribution in [0.4, 0.5) is 0 Å². The molecule has 15 heavy (non-hydrogen) atoms. The number of ether oxygens (including phenoxy) is 1. The predicted octanol–water partition coefficient (Wildman–Crippen LogP) is 3.28. The maximum Gasteiger partial charge on any atom is 0.194 e. The molecule has 0 spiro atoms. The zero-order valence-corrected chi connectivity index (χ0v) is 10.5. The van der Waals surface area contributed by atoms with E-state index in [1.54, 1.807) is 7.11 Å². The summed E-state index contributed by atoms with van der Waals surface area (Å²) >= 11 is 8.88. The summed E-state index contributed by atoms with van der Waals surface area (Å²) in [6, 6.07) is 7.84. The molecule has 0 amide bonds. The van der Waals surface area contributed by atoms with Crippen LogP contribution in [0.15, 0.2) is 29.7 Å². The number of hydrogen-bond acceptors (Lipinski definition) is 4. The van der Waals surface area contributed by atoms with Gasteiger partial charge in [-0.3, -0.25) is 5.73 Å². The second-order valence-electron chi connectivity index (χ2n) is 3.01. The fourth-order valence-corrected chi connectivity index (χ4v) is 3.50. The van der Waals surface area contributed by atoms with E-state index in [0.29, 0.717) is 0 Å². The van der Waals surface area contributed by atoms with Crippen molar-refractivity contribution in [3.63, 3.8) is 0 Å². The maximum absolute atomic E-state index is 6.00. The summed E-state index contributed by atoms with van der Waals surface area (Å²) in [7, 11) is 1.65. The van der Waals surface area contributed by atoms with E-state index in [4.69, 9.17) is 22.1 Å². The van der Waals surface area contributed by atoms with E-state index in [1.165, 1.54) is 23.5 Å². The van der Waals surface area contributed by atoms with Crippen molar-refractivity contribution in [1.29, 1.82) is 0 Å². The molecule has 0 aliphatic carbocycles. The van der Waals surface area contributed by atoms with Gasteiger partial charge in [-0.2, -0.15) is 0 Å². The molecule has 5 heteroatoms. The molecule has 1 aromatic rings. The third kappa shape index (κ3) is 2.64. The van der Waals surface area contributed by atoms with Crippen LogP contribution in [-0.4, -0.2) is 10.8 Å². The van der Waals surface area contributed by atoms with Crippen molar-refractivity contribution in [2.45, 2.75) is 3.66 Å². The van der Waals surface area contributed by atoms with Crippen molar-refractivity contribution in [3.05, 3.63) is 35.2 Å². The van der Waals surface area contributed by atoms with Crippen LogP contribution in [0.25, 0.3) is 4.91 Å². The molecule has 1 heterocycles. The van der Waals surface area contributed by atoms with Crippen LogP contribution < -0.4 is 10.5 Å². The summed E-state index contributed by atoms with van der Waals surface area (Å²) in [4.78, 5) is 1.10. The summed E-state index contributed by atoms with van der Waals surface area (Å²) < 4.78 is 4.34. The first kappa shape index (κ1) is 11.2. The zero-order chi connectivity index (χ0) is 10.9. The summed E-state index contributed by atoms with van der Waals surface area (Å²) in [5.41, 5.74) is 6.89. The Bertz CT molecular complexity index is 389. The van der Waals surface area contributed by atoms with E-state index in [0.717, 1.165) is 16.2 Å². The fraction of sp³-hybridized carbons (Fsp3) is 0.200. The van der Waals surface area contributed by atoms with Gasteiger partial charge in [-0.15, -0.1) is 0 Å². The Morgan fingerprint density at radius 1 is 1.33 bits per heavy atom. The van der Waals surface area contributed by atoms with Gasteiger partial charge in [0.2, 0.25) is 0 Å². The van der Waals surface area contributed by atoms with Gasteiger partial charge in [-0.25, -0.2) is 0 Å². The number of alkyl halides is 1. The van der Waals surface area contributed by atoms with Crippen LogP contribution in [0.2, 0.25) is 0 Å². The lowest BCUT2D eigenvalue weighted by Gasteiger charge is -2.12. The first-order chi connectivity index (χ1) is 7.11. The largest absolute Gasteiger partial charge is 0.497 e. The Kier molecular flexibility index (Phi) is 3.21. The van der Waals surface area contributed by atoms with E-state index < -0.39 is 3.66 Å². The number of thioether (sulfide) groups is 2. The van der Waals surface area contributed by atoms with Gasteiger partial charge in [-0.1, -0.05) is 47.3 Å². The number of hydrogen-bond donors (Lipinski definition) is 1. The highest BCUT2D eigenvalue weighted by atomic mass is 35.5. The van der Waals surface area contributed by atoms with Gasteiger partial charge in [0, 0.05) is 4.91 Å². The molecule has 80 valence electrons. The molecular formula is C10H10ClNOS2. The van der Waals surface area contributed by atoms with Crippen molar-refractivity contribution >= 4 is 40.0 Å². The van der Waals surface area contributed by atoms with Crippen molar-refractivity contribution in [3.8, 4) is 5.75 Å². The van der Waals surface area contributed by atoms with Crippen molar-refractivity contribution in [2.75, 3.05) is 7.11 Å². The molecule has 2 rings (SSSR count). The Morgan fingerprint density at radius 2 is 2.00 bits per heavy atom. The predicted molar refractivity (Wildman–Crippen MR) is 68.9 cm³/mol. The Morgan fingerprint density at radius 3 is 2.47 bits per heavy atom.